The van der Waals surface area contributed by atoms with Crippen LogP contribution in [0.25, 0.3) is 0 Å². The van der Waals surface area contributed by atoms with E-state index in [1.165, 1.54) is 0 Å². The first-order chi connectivity index (χ1) is 12.7. The Morgan fingerprint density at radius 2 is 1.58 bits per heavy atom. The lowest BCUT2D eigenvalue weighted by Crippen LogP contribution is -2.38. The fourth-order valence-electron chi connectivity index (χ4n) is 2.48. The topological polar surface area (TPSA) is 55.8 Å². The molecule has 0 aliphatic carbocycles. The van der Waals surface area contributed by atoms with Gasteiger partial charge in [0.2, 0.25) is 0 Å². The predicted octanol–water partition coefficient (Wildman–Crippen LogP) is 3.09. The van der Waals surface area contributed by atoms with Gasteiger partial charge in [-0.15, -0.1) is 0 Å². The van der Waals surface area contributed by atoms with Crippen molar-refractivity contribution in [3.05, 3.63) is 66.2 Å². The molecule has 5 heteroatoms. The zero-order chi connectivity index (χ0) is 18.6. The van der Waals surface area contributed by atoms with Crippen molar-refractivity contribution in [1.82, 2.24) is 4.90 Å². The minimum atomic E-state index is -0.297. The second-order valence-corrected chi connectivity index (χ2v) is 5.77. The highest BCUT2D eigenvalue weighted by atomic mass is 16.5. The largest absolute Gasteiger partial charge is 0.484 e. The first kappa shape index (κ1) is 19.5. The Kier molecular flexibility index (Phi) is 8.19. The minimum Gasteiger partial charge on any atom is -0.484 e. The van der Waals surface area contributed by atoms with Gasteiger partial charge in [0.25, 0.3) is 5.91 Å². The smallest absolute Gasteiger partial charge is 0.307 e. The Morgan fingerprint density at radius 1 is 0.923 bits per heavy atom. The van der Waals surface area contributed by atoms with Crippen LogP contribution in [0.5, 0.6) is 5.75 Å². The van der Waals surface area contributed by atoms with Crippen LogP contribution in [0.15, 0.2) is 60.7 Å². The summed E-state index contributed by atoms with van der Waals surface area (Å²) in [6, 6.07) is 19.2. The van der Waals surface area contributed by atoms with Crippen LogP contribution in [0.1, 0.15) is 18.9 Å². The monoisotopic (exact) mass is 355 g/mol. The lowest BCUT2D eigenvalue weighted by Gasteiger charge is -2.22. The number of amides is 1. The fraction of sp³-hybridized carbons (Fsp3) is 0.333. The molecule has 0 bridgehead atoms. The van der Waals surface area contributed by atoms with E-state index in [0.717, 1.165) is 12.0 Å². The van der Waals surface area contributed by atoms with E-state index in [9.17, 15) is 9.59 Å². The van der Waals surface area contributed by atoms with E-state index in [4.69, 9.17) is 9.47 Å². The molecule has 0 saturated heterocycles. The summed E-state index contributed by atoms with van der Waals surface area (Å²) in [7, 11) is 0. The number of rotatable bonds is 10. The summed E-state index contributed by atoms with van der Waals surface area (Å²) in [5.41, 5.74) is 1.14. The molecule has 0 fully saturated rings. The molecule has 5 nitrogen and oxygen atoms in total. The van der Waals surface area contributed by atoms with Gasteiger partial charge in [-0.1, -0.05) is 48.5 Å². The summed E-state index contributed by atoms with van der Waals surface area (Å²) >= 11 is 0. The maximum absolute atomic E-state index is 12.6. The highest BCUT2D eigenvalue weighted by Gasteiger charge is 2.16. The maximum atomic E-state index is 12.6. The minimum absolute atomic E-state index is 0.0539. The fourth-order valence-corrected chi connectivity index (χ4v) is 2.48. The molecule has 0 spiro atoms. The van der Waals surface area contributed by atoms with Crippen LogP contribution in [0.4, 0.5) is 0 Å². The molecule has 1 amide bonds. The Morgan fingerprint density at radius 3 is 2.23 bits per heavy atom. The predicted molar refractivity (Wildman–Crippen MR) is 99.9 cm³/mol. The molecule has 0 heterocycles. The molecule has 0 unspecified atom stereocenters. The van der Waals surface area contributed by atoms with Crippen LogP contribution < -0.4 is 4.74 Å². The quantitative estimate of drug-likeness (QED) is 0.615. The van der Waals surface area contributed by atoms with Crippen LogP contribution in [0.2, 0.25) is 0 Å². The summed E-state index contributed by atoms with van der Waals surface area (Å²) in [5.74, 6) is 0.206. The van der Waals surface area contributed by atoms with E-state index in [1.807, 2.05) is 48.5 Å². The number of hydrogen-bond donors (Lipinski definition) is 0. The van der Waals surface area contributed by atoms with Crippen molar-refractivity contribution in [2.24, 2.45) is 0 Å². The highest BCUT2D eigenvalue weighted by Crippen LogP contribution is 2.09. The van der Waals surface area contributed by atoms with Crippen molar-refractivity contribution >= 4 is 11.9 Å². The van der Waals surface area contributed by atoms with Crippen molar-refractivity contribution < 1.29 is 19.1 Å². The number of hydrogen-bond acceptors (Lipinski definition) is 4. The molecule has 0 radical (unpaired) electrons. The molecule has 0 aromatic heterocycles. The van der Waals surface area contributed by atoms with Gasteiger partial charge in [0.15, 0.2) is 6.61 Å². The molecule has 2 aromatic carbocycles. The summed E-state index contributed by atoms with van der Waals surface area (Å²) in [5, 5.41) is 0. The Labute approximate surface area is 154 Å². The molecule has 0 N–H and O–H groups in total. The second kappa shape index (κ2) is 10.9. The van der Waals surface area contributed by atoms with E-state index in [1.54, 1.807) is 24.0 Å². The number of nitrogens with zero attached hydrogens (tertiary/aromatic N) is 1. The number of para-hydroxylation sites is 1. The average molecular weight is 355 g/mol. The summed E-state index contributed by atoms with van der Waals surface area (Å²) in [6.07, 6.45) is 0.903. The van der Waals surface area contributed by atoms with Crippen molar-refractivity contribution in [2.75, 3.05) is 26.3 Å². The highest BCUT2D eigenvalue weighted by molar-refractivity contribution is 5.78. The molecule has 138 valence electrons. The van der Waals surface area contributed by atoms with Gasteiger partial charge >= 0.3 is 5.97 Å². The van der Waals surface area contributed by atoms with E-state index < -0.39 is 0 Å². The zero-order valence-electron chi connectivity index (χ0n) is 15.1. The first-order valence-electron chi connectivity index (χ1n) is 8.84. The number of carbonyl (C=O) groups excluding carboxylic acids is 2. The van der Waals surface area contributed by atoms with Crippen molar-refractivity contribution in [1.29, 1.82) is 0 Å². The molecular weight excluding hydrogens is 330 g/mol. The van der Waals surface area contributed by atoms with Gasteiger partial charge < -0.3 is 14.4 Å². The molecule has 26 heavy (non-hydrogen) atoms. The van der Waals surface area contributed by atoms with Gasteiger partial charge in [-0.3, -0.25) is 9.59 Å². The van der Waals surface area contributed by atoms with Crippen LogP contribution in [0.3, 0.4) is 0 Å². The Balaban J connectivity index is 1.91. The van der Waals surface area contributed by atoms with Crippen LogP contribution >= 0.6 is 0 Å². The number of benzene rings is 2. The Hall–Kier alpha value is -2.82. The number of esters is 1. The summed E-state index contributed by atoms with van der Waals surface area (Å²) in [6.45, 7) is 2.91. The maximum Gasteiger partial charge on any atom is 0.307 e. The van der Waals surface area contributed by atoms with Crippen LogP contribution in [0, 0.1) is 0 Å². The van der Waals surface area contributed by atoms with E-state index >= 15 is 0 Å². The van der Waals surface area contributed by atoms with Crippen molar-refractivity contribution in [2.45, 2.75) is 19.8 Å². The molecule has 2 aromatic rings. The molecular formula is C21H25NO4. The second-order valence-electron chi connectivity index (χ2n) is 5.77. The lowest BCUT2D eigenvalue weighted by molar-refractivity contribution is -0.144. The van der Waals surface area contributed by atoms with Gasteiger partial charge in [0, 0.05) is 13.1 Å². The van der Waals surface area contributed by atoms with Crippen molar-refractivity contribution in [3.63, 3.8) is 0 Å². The zero-order valence-corrected chi connectivity index (χ0v) is 15.1. The number of ether oxygens (including phenoxy) is 2. The van der Waals surface area contributed by atoms with Gasteiger partial charge in [0.05, 0.1) is 13.0 Å². The summed E-state index contributed by atoms with van der Waals surface area (Å²) in [4.78, 5) is 25.8. The van der Waals surface area contributed by atoms with E-state index in [-0.39, 0.29) is 24.9 Å². The SMILES string of the molecule is CCOC(=O)CCN(CCc1ccccc1)C(=O)COc1ccccc1. The Bertz CT molecular complexity index is 673. The third-order valence-electron chi connectivity index (χ3n) is 3.86. The van der Waals surface area contributed by atoms with Gasteiger partial charge in [-0.05, 0) is 31.0 Å². The van der Waals surface area contributed by atoms with Gasteiger partial charge in [0.1, 0.15) is 5.75 Å². The molecule has 0 saturated carbocycles. The van der Waals surface area contributed by atoms with Gasteiger partial charge in [-0.2, -0.15) is 0 Å². The van der Waals surface area contributed by atoms with Crippen LogP contribution in [-0.4, -0.2) is 43.1 Å². The third kappa shape index (κ3) is 6.97. The standard InChI is InChI=1S/C21H25NO4/c1-2-25-21(24)14-16-22(15-13-18-9-5-3-6-10-18)20(23)17-26-19-11-7-4-8-12-19/h3-12H,2,13-17H2,1H3. The first-order valence-corrected chi connectivity index (χ1v) is 8.84. The molecule has 2 rings (SSSR count). The lowest BCUT2D eigenvalue weighted by atomic mass is 10.1. The van der Waals surface area contributed by atoms with E-state index in [0.29, 0.717) is 25.4 Å². The third-order valence-corrected chi connectivity index (χ3v) is 3.86. The normalized spacial score (nSPS) is 10.2. The number of carbonyl (C=O) groups is 2. The van der Waals surface area contributed by atoms with Crippen molar-refractivity contribution in [3.8, 4) is 5.75 Å². The average Bonchev–Trinajstić information content (AvgIpc) is 2.68. The van der Waals surface area contributed by atoms with E-state index in [2.05, 4.69) is 0 Å². The molecule has 0 aliphatic heterocycles. The van der Waals surface area contributed by atoms with Crippen LogP contribution in [-0.2, 0) is 20.7 Å². The molecule has 0 aliphatic rings. The van der Waals surface area contributed by atoms with Gasteiger partial charge in [-0.25, -0.2) is 0 Å². The summed E-state index contributed by atoms with van der Waals surface area (Å²) < 4.78 is 10.5. The molecule has 0 atom stereocenters.